The highest BCUT2D eigenvalue weighted by atomic mass is 16.5. The molecule has 0 unspecified atom stereocenters. The number of carbonyl (C=O) groups excluding carboxylic acids is 1. The molecule has 0 saturated carbocycles. The van der Waals surface area contributed by atoms with Crippen LogP contribution in [0.2, 0.25) is 0 Å². The largest absolute Gasteiger partial charge is 0.541 e. The molecule has 0 amide bonds. The van der Waals surface area contributed by atoms with E-state index in [1.54, 1.807) is 17.9 Å². The standard InChI is InChI=1S/C9H9N3O3/c1-5-6(4-10-12(5)2)7-3-8(9(13)14)15-11-7/h3-4H,1-2H3,(H,13,14)/p-1. The first-order chi connectivity index (χ1) is 7.09. The van der Waals surface area contributed by atoms with Gasteiger partial charge in [-0.25, -0.2) is 0 Å². The van der Waals surface area contributed by atoms with E-state index in [2.05, 4.69) is 14.8 Å². The van der Waals surface area contributed by atoms with Gasteiger partial charge in [0.2, 0.25) is 0 Å². The Balaban J connectivity index is 2.46. The highest BCUT2D eigenvalue weighted by Crippen LogP contribution is 2.21. The average molecular weight is 206 g/mol. The third kappa shape index (κ3) is 1.50. The lowest BCUT2D eigenvalue weighted by atomic mass is 10.2. The van der Waals surface area contributed by atoms with Gasteiger partial charge in [-0.3, -0.25) is 4.68 Å². The first-order valence-corrected chi connectivity index (χ1v) is 4.26. The second-order valence-electron chi connectivity index (χ2n) is 3.13. The van der Waals surface area contributed by atoms with E-state index < -0.39 is 5.97 Å². The van der Waals surface area contributed by atoms with Crippen molar-refractivity contribution in [1.82, 2.24) is 14.9 Å². The first-order valence-electron chi connectivity index (χ1n) is 4.26. The fourth-order valence-electron chi connectivity index (χ4n) is 1.25. The highest BCUT2D eigenvalue weighted by molar-refractivity contribution is 5.84. The summed E-state index contributed by atoms with van der Waals surface area (Å²) in [5.74, 6) is -1.66. The number of carboxylic acid groups (broad SMARTS) is 1. The molecule has 0 aliphatic heterocycles. The SMILES string of the molecule is Cc1c(-c2cc(C(=O)[O-])on2)cnn1C. The van der Waals surface area contributed by atoms with Gasteiger partial charge in [0.1, 0.15) is 11.7 Å². The van der Waals surface area contributed by atoms with Gasteiger partial charge in [-0.15, -0.1) is 0 Å². The Bertz CT molecular complexity index is 512. The number of hydrogen-bond acceptors (Lipinski definition) is 5. The van der Waals surface area contributed by atoms with Gasteiger partial charge in [0.05, 0.1) is 6.20 Å². The minimum atomic E-state index is -1.38. The number of carbonyl (C=O) groups is 1. The predicted molar refractivity (Wildman–Crippen MR) is 47.8 cm³/mol. The molecule has 78 valence electrons. The van der Waals surface area contributed by atoms with Crippen molar-refractivity contribution in [2.45, 2.75) is 6.92 Å². The Kier molecular flexibility index (Phi) is 2.03. The van der Waals surface area contributed by atoms with Crippen LogP contribution in [0.1, 0.15) is 16.2 Å². The van der Waals surface area contributed by atoms with E-state index in [0.717, 1.165) is 11.3 Å². The molecule has 0 aromatic carbocycles. The van der Waals surface area contributed by atoms with Gasteiger partial charge in [-0.05, 0) is 6.92 Å². The third-order valence-electron chi connectivity index (χ3n) is 2.22. The van der Waals surface area contributed by atoms with Crippen LogP contribution in [0.4, 0.5) is 0 Å². The van der Waals surface area contributed by atoms with Crippen LogP contribution in [-0.4, -0.2) is 20.9 Å². The lowest BCUT2D eigenvalue weighted by Gasteiger charge is -1.94. The van der Waals surface area contributed by atoms with Crippen molar-refractivity contribution in [3.05, 3.63) is 23.7 Å². The number of aryl methyl sites for hydroxylation is 1. The number of hydrogen-bond donors (Lipinski definition) is 0. The minimum Gasteiger partial charge on any atom is -0.541 e. The Hall–Kier alpha value is -2.11. The molecule has 6 heteroatoms. The molecule has 0 spiro atoms. The number of aromatic carboxylic acids is 1. The van der Waals surface area contributed by atoms with Crippen LogP contribution in [0.3, 0.4) is 0 Å². The topological polar surface area (TPSA) is 84.0 Å². The summed E-state index contributed by atoms with van der Waals surface area (Å²) in [5.41, 5.74) is 2.07. The lowest BCUT2D eigenvalue weighted by molar-refractivity contribution is -0.257. The molecule has 0 bridgehead atoms. The van der Waals surface area contributed by atoms with Crippen LogP contribution in [-0.2, 0) is 7.05 Å². The highest BCUT2D eigenvalue weighted by Gasteiger charge is 2.12. The maximum Gasteiger partial charge on any atom is 0.182 e. The van der Waals surface area contributed by atoms with Crippen LogP contribution in [0.25, 0.3) is 11.3 Å². The summed E-state index contributed by atoms with van der Waals surface area (Å²) in [4.78, 5) is 10.5. The molecule has 2 heterocycles. The molecule has 6 nitrogen and oxygen atoms in total. The molecule has 0 N–H and O–H groups in total. The molecule has 2 aromatic rings. The Morgan fingerprint density at radius 2 is 2.33 bits per heavy atom. The molecule has 0 aliphatic carbocycles. The van der Waals surface area contributed by atoms with E-state index in [0.29, 0.717) is 5.69 Å². The number of nitrogens with zero attached hydrogens (tertiary/aromatic N) is 3. The van der Waals surface area contributed by atoms with Gasteiger partial charge in [0, 0.05) is 24.4 Å². The zero-order valence-corrected chi connectivity index (χ0v) is 8.22. The summed E-state index contributed by atoms with van der Waals surface area (Å²) < 4.78 is 6.27. The quantitative estimate of drug-likeness (QED) is 0.676. The van der Waals surface area contributed by atoms with Crippen molar-refractivity contribution in [2.24, 2.45) is 7.05 Å². The van der Waals surface area contributed by atoms with Gasteiger partial charge in [-0.1, -0.05) is 5.16 Å². The number of carboxylic acids is 1. The normalized spacial score (nSPS) is 10.5. The second-order valence-corrected chi connectivity index (χ2v) is 3.13. The Morgan fingerprint density at radius 1 is 1.60 bits per heavy atom. The molecular weight excluding hydrogens is 198 g/mol. The fourth-order valence-corrected chi connectivity index (χ4v) is 1.25. The van der Waals surface area contributed by atoms with E-state index >= 15 is 0 Å². The third-order valence-corrected chi connectivity index (χ3v) is 2.22. The van der Waals surface area contributed by atoms with E-state index in [9.17, 15) is 9.90 Å². The summed E-state index contributed by atoms with van der Waals surface area (Å²) in [5, 5.41) is 18.1. The summed E-state index contributed by atoms with van der Waals surface area (Å²) in [6.07, 6.45) is 1.60. The van der Waals surface area contributed by atoms with Gasteiger partial charge >= 0.3 is 0 Å². The molecule has 0 fully saturated rings. The van der Waals surface area contributed by atoms with E-state index in [4.69, 9.17) is 0 Å². The van der Waals surface area contributed by atoms with Gasteiger partial charge in [0.25, 0.3) is 0 Å². The van der Waals surface area contributed by atoms with Crippen molar-refractivity contribution < 1.29 is 14.4 Å². The fraction of sp³-hybridized carbons (Fsp3) is 0.222. The zero-order valence-electron chi connectivity index (χ0n) is 8.22. The maximum absolute atomic E-state index is 10.5. The second kappa shape index (κ2) is 3.23. The van der Waals surface area contributed by atoms with Gasteiger partial charge in [0.15, 0.2) is 5.76 Å². The Labute approximate surface area is 85.1 Å². The van der Waals surface area contributed by atoms with Crippen molar-refractivity contribution in [1.29, 1.82) is 0 Å². The van der Waals surface area contributed by atoms with Crippen molar-refractivity contribution in [3.63, 3.8) is 0 Å². The summed E-state index contributed by atoms with van der Waals surface area (Å²) in [7, 11) is 1.79. The smallest absolute Gasteiger partial charge is 0.182 e. The zero-order chi connectivity index (χ0) is 11.0. The molecule has 15 heavy (non-hydrogen) atoms. The van der Waals surface area contributed by atoms with Crippen molar-refractivity contribution in [3.8, 4) is 11.3 Å². The van der Waals surface area contributed by atoms with Crippen LogP contribution in [0.5, 0.6) is 0 Å². The van der Waals surface area contributed by atoms with Gasteiger partial charge < -0.3 is 14.4 Å². The monoisotopic (exact) mass is 206 g/mol. The van der Waals surface area contributed by atoms with Gasteiger partial charge in [-0.2, -0.15) is 5.10 Å². The molecule has 0 atom stereocenters. The first kappa shape index (κ1) is 9.45. The van der Waals surface area contributed by atoms with Crippen LogP contribution < -0.4 is 5.11 Å². The van der Waals surface area contributed by atoms with E-state index in [-0.39, 0.29) is 5.76 Å². The minimum absolute atomic E-state index is 0.284. The van der Waals surface area contributed by atoms with Crippen LogP contribution in [0, 0.1) is 6.92 Å². The van der Waals surface area contributed by atoms with E-state index in [1.807, 2.05) is 6.92 Å². The molecule has 2 aromatic heterocycles. The van der Waals surface area contributed by atoms with Crippen LogP contribution in [0.15, 0.2) is 16.8 Å². The predicted octanol–water partition coefficient (Wildman–Crippen LogP) is -0.253. The summed E-state index contributed by atoms with van der Waals surface area (Å²) in [6.45, 7) is 1.86. The summed E-state index contributed by atoms with van der Waals surface area (Å²) in [6, 6.07) is 1.32. The average Bonchev–Trinajstić information content (AvgIpc) is 2.76. The summed E-state index contributed by atoms with van der Waals surface area (Å²) >= 11 is 0. The van der Waals surface area contributed by atoms with E-state index in [1.165, 1.54) is 6.07 Å². The number of rotatable bonds is 2. The Morgan fingerprint density at radius 3 is 2.80 bits per heavy atom. The lowest BCUT2D eigenvalue weighted by Crippen LogP contribution is -2.21. The van der Waals surface area contributed by atoms with Crippen LogP contribution >= 0.6 is 0 Å². The molecular formula is C9H8N3O3-. The maximum atomic E-state index is 10.5. The number of aromatic nitrogens is 3. The van der Waals surface area contributed by atoms with Crippen molar-refractivity contribution >= 4 is 5.97 Å². The molecule has 2 rings (SSSR count). The molecule has 0 saturated heterocycles. The molecule has 0 radical (unpaired) electrons. The van der Waals surface area contributed by atoms with Crippen molar-refractivity contribution in [2.75, 3.05) is 0 Å². The molecule has 0 aliphatic rings.